The summed E-state index contributed by atoms with van der Waals surface area (Å²) < 4.78 is 26.9. The number of halogens is 1. The lowest BCUT2D eigenvalue weighted by Gasteiger charge is -2.07. The van der Waals surface area contributed by atoms with Crippen LogP contribution in [0.25, 0.3) is 21.6 Å². The summed E-state index contributed by atoms with van der Waals surface area (Å²) in [5.74, 6) is 0. The summed E-state index contributed by atoms with van der Waals surface area (Å²) in [5.41, 5.74) is 3.25. The van der Waals surface area contributed by atoms with Gasteiger partial charge in [0.1, 0.15) is 0 Å². The fourth-order valence-corrected chi connectivity index (χ4v) is 4.69. The van der Waals surface area contributed by atoms with Gasteiger partial charge in [-0.25, -0.2) is 8.42 Å². The molecular formula is C19H17ClN2O3S2. The van der Waals surface area contributed by atoms with Crippen molar-refractivity contribution in [3.05, 3.63) is 63.4 Å². The van der Waals surface area contributed by atoms with Crippen molar-refractivity contribution in [3.8, 4) is 21.6 Å². The summed E-state index contributed by atoms with van der Waals surface area (Å²) in [7, 11) is -3.35. The van der Waals surface area contributed by atoms with E-state index >= 15 is 0 Å². The molecule has 3 aromatic rings. The summed E-state index contributed by atoms with van der Waals surface area (Å²) in [5, 5.41) is 2.48. The smallest absolute Gasteiger partial charge is 0.250 e. The van der Waals surface area contributed by atoms with E-state index in [4.69, 9.17) is 11.6 Å². The van der Waals surface area contributed by atoms with Gasteiger partial charge in [0.2, 0.25) is 10.0 Å². The van der Waals surface area contributed by atoms with Gasteiger partial charge in [-0.15, -0.1) is 11.3 Å². The average Bonchev–Trinajstić information content (AvgIpc) is 3.31. The predicted molar refractivity (Wildman–Crippen MR) is 111 cm³/mol. The first-order valence-corrected chi connectivity index (χ1v) is 11.5. The van der Waals surface area contributed by atoms with Crippen LogP contribution in [-0.2, 0) is 10.0 Å². The van der Waals surface area contributed by atoms with Crippen molar-refractivity contribution in [3.63, 3.8) is 0 Å². The van der Waals surface area contributed by atoms with E-state index in [1.54, 1.807) is 35.6 Å². The maximum Gasteiger partial charge on any atom is 0.250 e. The first kappa shape index (κ1) is 18.3. The highest BCUT2D eigenvalue weighted by Gasteiger charge is 2.24. The van der Waals surface area contributed by atoms with E-state index in [9.17, 15) is 13.2 Å². The second-order valence-electron chi connectivity index (χ2n) is 6.66. The molecule has 0 unspecified atom stereocenters. The molecule has 4 rings (SSSR count). The Hall–Kier alpha value is -2.09. The molecule has 27 heavy (non-hydrogen) atoms. The molecule has 1 N–H and O–H groups in total. The molecule has 8 heteroatoms. The Labute approximate surface area is 166 Å². The van der Waals surface area contributed by atoms with Crippen LogP contribution in [-0.4, -0.2) is 19.2 Å². The molecule has 0 aliphatic heterocycles. The van der Waals surface area contributed by atoms with Crippen LogP contribution in [0.1, 0.15) is 18.9 Å². The first-order valence-electron chi connectivity index (χ1n) is 8.39. The molecule has 1 aromatic carbocycles. The van der Waals surface area contributed by atoms with Crippen molar-refractivity contribution in [1.82, 2.24) is 4.57 Å². The van der Waals surface area contributed by atoms with Gasteiger partial charge >= 0.3 is 0 Å². The van der Waals surface area contributed by atoms with Gasteiger partial charge in [-0.3, -0.25) is 9.52 Å². The number of anilines is 1. The second-order valence-corrected chi connectivity index (χ2v) is 9.73. The third-order valence-electron chi connectivity index (χ3n) is 4.35. The van der Waals surface area contributed by atoms with E-state index in [-0.39, 0.29) is 5.56 Å². The normalized spacial score (nSPS) is 14.3. The lowest BCUT2D eigenvalue weighted by Crippen LogP contribution is -2.16. The number of hydrogen-bond acceptors (Lipinski definition) is 4. The largest absolute Gasteiger partial charge is 0.312 e. The highest BCUT2D eigenvalue weighted by atomic mass is 35.5. The number of nitrogens with zero attached hydrogens (tertiary/aromatic N) is 1. The Morgan fingerprint density at radius 3 is 2.59 bits per heavy atom. The van der Waals surface area contributed by atoms with E-state index < -0.39 is 10.0 Å². The van der Waals surface area contributed by atoms with Gasteiger partial charge in [-0.05, 0) is 48.1 Å². The van der Waals surface area contributed by atoms with Crippen LogP contribution in [0.3, 0.4) is 0 Å². The molecule has 140 valence electrons. The van der Waals surface area contributed by atoms with Crippen molar-refractivity contribution in [2.75, 3.05) is 11.0 Å². The molecule has 0 bridgehead atoms. The van der Waals surface area contributed by atoms with Gasteiger partial charge in [0.15, 0.2) is 0 Å². The maximum atomic E-state index is 12.0. The average molecular weight is 421 g/mol. The van der Waals surface area contributed by atoms with Gasteiger partial charge in [-0.2, -0.15) is 0 Å². The molecule has 1 aliphatic rings. The fourth-order valence-electron chi connectivity index (χ4n) is 2.94. The molecule has 0 atom stereocenters. The molecule has 0 saturated heterocycles. The van der Waals surface area contributed by atoms with Crippen molar-refractivity contribution < 1.29 is 8.42 Å². The van der Waals surface area contributed by atoms with Crippen LogP contribution in [0, 0.1) is 0 Å². The lowest BCUT2D eigenvalue weighted by atomic mass is 10.1. The summed E-state index contributed by atoms with van der Waals surface area (Å²) in [6.07, 6.45) is 5.14. The van der Waals surface area contributed by atoms with Crippen molar-refractivity contribution in [2.24, 2.45) is 0 Å². The van der Waals surface area contributed by atoms with E-state index in [1.165, 1.54) is 0 Å². The Kier molecular flexibility index (Phi) is 4.61. The summed E-state index contributed by atoms with van der Waals surface area (Å²) in [4.78, 5) is 13.0. The number of pyridine rings is 1. The van der Waals surface area contributed by atoms with Crippen LogP contribution in [0.4, 0.5) is 5.69 Å². The molecule has 0 spiro atoms. The van der Waals surface area contributed by atoms with Crippen molar-refractivity contribution in [2.45, 2.75) is 18.9 Å². The highest BCUT2D eigenvalue weighted by molar-refractivity contribution is 7.92. The van der Waals surface area contributed by atoms with Crippen LogP contribution in [0.15, 0.2) is 52.8 Å². The minimum Gasteiger partial charge on any atom is -0.312 e. The molecule has 1 saturated carbocycles. The number of benzene rings is 1. The van der Waals surface area contributed by atoms with Crippen molar-refractivity contribution >= 4 is 38.6 Å². The molecule has 1 fully saturated rings. The Bertz CT molecular complexity index is 1180. The maximum absolute atomic E-state index is 12.0. The van der Waals surface area contributed by atoms with Gasteiger partial charge < -0.3 is 4.57 Å². The predicted octanol–water partition coefficient (Wildman–Crippen LogP) is 4.60. The third-order valence-corrected chi connectivity index (χ3v) is 6.24. The quantitative estimate of drug-likeness (QED) is 0.655. The second kappa shape index (κ2) is 6.82. The van der Waals surface area contributed by atoms with E-state index in [0.717, 1.165) is 40.7 Å². The zero-order valence-corrected chi connectivity index (χ0v) is 16.9. The molecule has 5 nitrogen and oxygen atoms in total. The van der Waals surface area contributed by atoms with Crippen LogP contribution in [0.5, 0.6) is 0 Å². The number of thiophene rings is 1. The van der Waals surface area contributed by atoms with Crippen LogP contribution in [0.2, 0.25) is 5.02 Å². The molecule has 0 radical (unpaired) electrons. The van der Waals surface area contributed by atoms with Gasteiger partial charge in [0.05, 0.1) is 11.3 Å². The highest BCUT2D eigenvalue weighted by Crippen LogP contribution is 2.38. The zero-order valence-electron chi connectivity index (χ0n) is 14.5. The fraction of sp³-hybridized carbons (Fsp3) is 0.211. The third kappa shape index (κ3) is 4.10. The molecule has 2 aromatic heterocycles. The molecule has 2 heterocycles. The van der Waals surface area contributed by atoms with Crippen molar-refractivity contribution in [1.29, 1.82) is 0 Å². The standard InChI is InChI=1S/C19H17ClN2O3S2/c1-27(24,25)21-14-3-6-16(17(20)9-14)13-8-18(26-11-13)12-2-7-19(23)22(10-12)15-4-5-15/h2-3,6-11,15,21H,4-5H2,1H3. The number of hydrogen-bond donors (Lipinski definition) is 1. The monoisotopic (exact) mass is 420 g/mol. The lowest BCUT2D eigenvalue weighted by molar-refractivity contribution is 0.607. The number of rotatable bonds is 5. The summed E-state index contributed by atoms with van der Waals surface area (Å²) >= 11 is 7.95. The van der Waals surface area contributed by atoms with E-state index in [2.05, 4.69) is 4.72 Å². The molecular weight excluding hydrogens is 404 g/mol. The Morgan fingerprint density at radius 1 is 1.15 bits per heavy atom. The van der Waals surface area contributed by atoms with E-state index in [1.807, 2.05) is 28.3 Å². The van der Waals surface area contributed by atoms with Gasteiger partial charge in [-0.1, -0.05) is 17.7 Å². The van der Waals surface area contributed by atoms with Gasteiger partial charge in [0, 0.05) is 40.0 Å². The minimum atomic E-state index is -3.35. The first-order chi connectivity index (χ1) is 12.8. The topological polar surface area (TPSA) is 68.2 Å². The number of sulfonamides is 1. The molecule has 0 amide bonds. The van der Waals surface area contributed by atoms with Crippen LogP contribution >= 0.6 is 22.9 Å². The summed E-state index contributed by atoms with van der Waals surface area (Å²) in [6.45, 7) is 0. The molecule has 1 aliphatic carbocycles. The SMILES string of the molecule is CS(=O)(=O)Nc1ccc(-c2csc(-c3ccc(=O)n(C4CC4)c3)c2)c(Cl)c1. The van der Waals surface area contributed by atoms with Crippen LogP contribution < -0.4 is 10.3 Å². The summed E-state index contributed by atoms with van der Waals surface area (Å²) in [6, 6.07) is 10.9. The zero-order chi connectivity index (χ0) is 19.2. The Morgan fingerprint density at radius 2 is 1.93 bits per heavy atom. The van der Waals surface area contributed by atoms with Gasteiger partial charge in [0.25, 0.3) is 5.56 Å². The number of aromatic nitrogens is 1. The number of nitrogens with one attached hydrogen (secondary N) is 1. The minimum absolute atomic E-state index is 0.0371. The van der Waals surface area contributed by atoms with E-state index in [0.29, 0.717) is 16.8 Å². The Balaban J connectivity index is 1.65.